The molecule has 0 aliphatic rings. The van der Waals surface area contributed by atoms with Crippen LogP contribution in [0, 0.1) is 41.3 Å². The molecule has 0 unspecified atom stereocenters. The van der Waals surface area contributed by atoms with Crippen LogP contribution in [0.5, 0.6) is 0 Å². The Hall–Kier alpha value is 3.56. The summed E-state index contributed by atoms with van der Waals surface area (Å²) in [6.07, 6.45) is 0. The van der Waals surface area contributed by atoms with Gasteiger partial charge in [-0.15, -0.1) is 0 Å². The number of hydrogen-bond acceptors (Lipinski definition) is 0. The Morgan fingerprint density at radius 2 is 1.00 bits per heavy atom. The maximum Gasteiger partial charge on any atom is 0.0814 e. The molecule has 0 saturated carbocycles. The molecule has 0 atom stereocenters. The van der Waals surface area contributed by atoms with Crippen LogP contribution in [0.25, 0.3) is 0 Å². The van der Waals surface area contributed by atoms with E-state index in [2.05, 4.69) is 0 Å². The first-order valence-corrected chi connectivity index (χ1v) is 0. The molecular formula is H3BCoFePrY. The average molecular weight is 358 g/mol. The van der Waals surface area contributed by atoms with E-state index >= 15 is 0 Å². The van der Waals surface area contributed by atoms with Crippen LogP contribution in [0.15, 0.2) is 0 Å². The van der Waals surface area contributed by atoms with Crippen molar-refractivity contribution in [3.8, 4) is 0 Å². The van der Waals surface area contributed by atoms with E-state index < -0.39 is 0 Å². The number of rotatable bonds is 0. The zero-order valence-corrected chi connectivity index (χ0v) is 10.5. The molecule has 0 aromatic rings. The van der Waals surface area contributed by atoms with Gasteiger partial charge in [0.05, 0.1) is 8.41 Å². The summed E-state index contributed by atoms with van der Waals surface area (Å²) in [6, 6.07) is 0. The summed E-state index contributed by atoms with van der Waals surface area (Å²) in [5.74, 6) is 0. The summed E-state index contributed by atoms with van der Waals surface area (Å²) in [5, 5.41) is 0. The van der Waals surface area contributed by atoms with Crippen LogP contribution in [0.2, 0.25) is 0 Å². The third-order valence-electron chi connectivity index (χ3n) is 0. The minimum Gasteiger partial charge on any atom is 0 e. The van der Waals surface area contributed by atoms with Gasteiger partial charge in [0, 0.05) is 108 Å². The first kappa shape index (κ1) is 38.6. The Labute approximate surface area is 113 Å². The first-order chi connectivity index (χ1) is 0. The third-order valence-corrected chi connectivity index (χ3v) is 0. The van der Waals surface area contributed by atoms with Crippen molar-refractivity contribution < 1.29 is 108 Å². The van der Waals surface area contributed by atoms with Crippen LogP contribution in [0.4, 0.5) is 0 Å². The Balaban J connectivity index is 0. The van der Waals surface area contributed by atoms with Crippen LogP contribution in [-0.4, -0.2) is 8.41 Å². The van der Waals surface area contributed by atoms with Gasteiger partial charge in [-0.25, -0.2) is 0 Å². The van der Waals surface area contributed by atoms with Gasteiger partial charge >= 0.3 is 0 Å². The Morgan fingerprint density at radius 1 is 1.00 bits per heavy atom. The van der Waals surface area contributed by atoms with Gasteiger partial charge in [-0.1, -0.05) is 0 Å². The minimum atomic E-state index is 0. The van der Waals surface area contributed by atoms with Crippen molar-refractivity contribution in [2.75, 3.05) is 0 Å². The van der Waals surface area contributed by atoms with E-state index in [4.69, 9.17) is 0 Å². The predicted octanol–water partition coefficient (Wildman–Crippen LogP) is -1.19. The third kappa shape index (κ3) is 18.4. The smallest absolute Gasteiger partial charge is 0 e. The van der Waals surface area contributed by atoms with E-state index in [9.17, 15) is 0 Å². The molecule has 0 nitrogen and oxygen atoms in total. The van der Waals surface area contributed by atoms with Crippen molar-refractivity contribution in [3.05, 3.63) is 0 Å². The normalized spacial score (nSPS) is 0. The zero-order chi connectivity index (χ0) is 0. The minimum absolute atomic E-state index is 0. The molecule has 0 N–H and O–H groups in total. The average Bonchev–Trinajstić information content (AvgIpc) is 0. The van der Waals surface area contributed by atoms with E-state index in [1.54, 1.807) is 0 Å². The molecule has 0 spiro atoms. The fourth-order valence-corrected chi connectivity index (χ4v) is 0. The summed E-state index contributed by atoms with van der Waals surface area (Å²) < 4.78 is 0. The molecule has 0 bridgehead atoms. The van der Waals surface area contributed by atoms with E-state index in [-0.39, 0.29) is 116 Å². The maximum atomic E-state index is 0. The van der Waals surface area contributed by atoms with Crippen molar-refractivity contribution in [2.45, 2.75) is 0 Å². The van der Waals surface area contributed by atoms with E-state index in [1.807, 2.05) is 0 Å². The van der Waals surface area contributed by atoms with E-state index in [0.717, 1.165) is 0 Å². The van der Waals surface area contributed by atoms with Gasteiger partial charge in [0.2, 0.25) is 0 Å². The molecule has 0 rings (SSSR count). The predicted molar refractivity (Wildman–Crippen MR) is 9.94 cm³/mol. The van der Waals surface area contributed by atoms with Gasteiger partial charge in [0.25, 0.3) is 0 Å². The topological polar surface area (TPSA) is 0 Å². The molecule has 0 amide bonds. The van der Waals surface area contributed by atoms with Crippen LogP contribution < -0.4 is 0 Å². The monoisotopic (exact) mass is 359 g/mol. The van der Waals surface area contributed by atoms with Crippen molar-refractivity contribution >= 4 is 8.41 Å². The summed E-state index contributed by atoms with van der Waals surface area (Å²) in [6.45, 7) is 0. The fourth-order valence-electron chi connectivity index (χ4n) is 0. The summed E-state index contributed by atoms with van der Waals surface area (Å²) in [5.41, 5.74) is 0. The van der Waals surface area contributed by atoms with Gasteiger partial charge in [-0.3, -0.25) is 0 Å². The fraction of sp³-hybridized carbons (Fsp3) is 0. The molecule has 5 heteroatoms. The van der Waals surface area contributed by atoms with Crippen molar-refractivity contribution in [3.63, 3.8) is 0 Å². The number of hydrogen-bond donors (Lipinski definition) is 0. The van der Waals surface area contributed by atoms with Crippen molar-refractivity contribution in [2.24, 2.45) is 0 Å². The SMILES string of the molecule is B.[Co].[Fe].[Pr].[Y]. The van der Waals surface area contributed by atoms with E-state index in [1.165, 1.54) is 0 Å². The van der Waals surface area contributed by atoms with Crippen LogP contribution in [-0.2, 0) is 66.6 Å². The van der Waals surface area contributed by atoms with Gasteiger partial charge < -0.3 is 0 Å². The molecule has 0 aliphatic carbocycles. The molecule has 29 valence electrons. The molecule has 0 heterocycles. The molecule has 0 aliphatic heterocycles. The van der Waals surface area contributed by atoms with E-state index in [0.29, 0.717) is 0 Å². The second-order valence-corrected chi connectivity index (χ2v) is 0. The molecule has 0 aromatic heterocycles. The second kappa shape index (κ2) is 25.7. The summed E-state index contributed by atoms with van der Waals surface area (Å²) in [4.78, 5) is 0. The van der Waals surface area contributed by atoms with Gasteiger partial charge in [-0.2, -0.15) is 0 Å². The first-order valence-electron chi connectivity index (χ1n) is 0. The standard InChI is InChI=1S/BH3.Co.Fe.Pr.Y/h1H3;;;;. The Kier molecular flexibility index (Phi) is 198. The molecule has 5 heavy (non-hydrogen) atoms. The zero-order valence-electron chi connectivity index (χ0n) is 1.84. The Bertz CT molecular complexity index is 11.6. The van der Waals surface area contributed by atoms with Crippen molar-refractivity contribution in [1.82, 2.24) is 0 Å². The molecule has 0 aromatic carbocycles. The maximum absolute atomic E-state index is 0. The van der Waals surface area contributed by atoms with Gasteiger partial charge in [-0.05, 0) is 0 Å². The largest absolute Gasteiger partial charge is 0.0814 e. The van der Waals surface area contributed by atoms with Crippen LogP contribution >= 0.6 is 0 Å². The van der Waals surface area contributed by atoms with Crippen molar-refractivity contribution in [1.29, 1.82) is 0 Å². The molecule has 0 fully saturated rings. The molecular weight excluding hydrogens is 355 g/mol. The van der Waals surface area contributed by atoms with Gasteiger partial charge in [0.15, 0.2) is 0 Å². The van der Waals surface area contributed by atoms with Crippen LogP contribution in [0.1, 0.15) is 0 Å². The molecule has 3 radical (unpaired) electrons. The Morgan fingerprint density at radius 3 is 1.00 bits per heavy atom. The second-order valence-electron chi connectivity index (χ2n) is 0. The summed E-state index contributed by atoms with van der Waals surface area (Å²) >= 11 is 0. The summed E-state index contributed by atoms with van der Waals surface area (Å²) in [7, 11) is 0. The van der Waals surface area contributed by atoms with Gasteiger partial charge in [0.1, 0.15) is 0 Å². The molecule has 0 saturated heterocycles. The van der Waals surface area contributed by atoms with Crippen LogP contribution in [0.3, 0.4) is 0 Å². The quantitative estimate of drug-likeness (QED) is 0.478.